The first-order valence-corrected chi connectivity index (χ1v) is 10.7. The van der Waals surface area contributed by atoms with Gasteiger partial charge >= 0.3 is 0 Å². The Morgan fingerprint density at radius 1 is 0.808 bits per heavy atom. The van der Waals surface area contributed by atoms with Crippen molar-refractivity contribution in [2.45, 2.75) is 65.2 Å². The highest BCUT2D eigenvalue weighted by atomic mass is 35.5. The monoisotopic (exact) mass is 376 g/mol. The molecule has 0 amide bonds. The fourth-order valence-electron chi connectivity index (χ4n) is 3.22. The van der Waals surface area contributed by atoms with E-state index in [0.717, 1.165) is 50.4 Å². The molecule has 0 fully saturated rings. The van der Waals surface area contributed by atoms with Crippen molar-refractivity contribution in [1.29, 1.82) is 0 Å². The maximum atomic E-state index is 5.99. The van der Waals surface area contributed by atoms with Gasteiger partial charge in [-0.05, 0) is 54.7 Å². The quantitative estimate of drug-likeness (QED) is 0.273. The number of hydrogen-bond donors (Lipinski definition) is 0. The van der Waals surface area contributed by atoms with Crippen LogP contribution in [0.25, 0.3) is 10.8 Å². The number of ether oxygens (including phenoxy) is 2. The van der Waals surface area contributed by atoms with E-state index < -0.39 is 0 Å². The van der Waals surface area contributed by atoms with Crippen LogP contribution in [0.3, 0.4) is 0 Å². The summed E-state index contributed by atoms with van der Waals surface area (Å²) in [5.41, 5.74) is 1.28. The van der Waals surface area contributed by atoms with Crippen LogP contribution < -0.4 is 9.47 Å². The highest BCUT2D eigenvalue weighted by Crippen LogP contribution is 2.31. The Balaban J connectivity index is 1.98. The standard InChI is InChI=1S/C23H33ClO2/c1-3-5-6-7-9-16-25-20-12-13-22-19(18-20)11-14-23(21(22)4-2)26-17-10-8-15-24/h11-14,18H,3-10,15-17H2,1-2H3. The number of benzene rings is 2. The summed E-state index contributed by atoms with van der Waals surface area (Å²) in [5, 5.41) is 2.48. The fourth-order valence-corrected chi connectivity index (χ4v) is 3.41. The van der Waals surface area contributed by atoms with Crippen molar-refractivity contribution in [3.05, 3.63) is 35.9 Å². The summed E-state index contributed by atoms with van der Waals surface area (Å²) in [5.74, 6) is 2.66. The summed E-state index contributed by atoms with van der Waals surface area (Å²) >= 11 is 5.74. The third-order valence-electron chi connectivity index (χ3n) is 4.72. The number of unbranched alkanes of at least 4 members (excludes halogenated alkanes) is 5. The predicted octanol–water partition coefficient (Wildman–Crippen LogP) is 7.15. The van der Waals surface area contributed by atoms with Gasteiger partial charge in [0.1, 0.15) is 11.5 Å². The molecule has 0 bridgehead atoms. The molecule has 0 aromatic heterocycles. The Kier molecular flexibility index (Phi) is 9.70. The van der Waals surface area contributed by atoms with E-state index >= 15 is 0 Å². The van der Waals surface area contributed by atoms with Crippen molar-refractivity contribution < 1.29 is 9.47 Å². The van der Waals surface area contributed by atoms with Gasteiger partial charge in [-0.25, -0.2) is 0 Å². The number of aryl methyl sites for hydroxylation is 1. The van der Waals surface area contributed by atoms with Crippen LogP contribution >= 0.6 is 11.6 Å². The van der Waals surface area contributed by atoms with Crippen LogP contribution in [0.2, 0.25) is 0 Å². The molecule has 0 radical (unpaired) electrons. The van der Waals surface area contributed by atoms with Crippen molar-refractivity contribution in [2.75, 3.05) is 19.1 Å². The van der Waals surface area contributed by atoms with Gasteiger partial charge < -0.3 is 9.47 Å². The molecule has 0 spiro atoms. The average Bonchev–Trinajstić information content (AvgIpc) is 2.67. The lowest BCUT2D eigenvalue weighted by Gasteiger charge is -2.14. The highest BCUT2D eigenvalue weighted by molar-refractivity contribution is 6.17. The molecule has 3 heteroatoms. The van der Waals surface area contributed by atoms with Crippen LogP contribution in [0, 0.1) is 0 Å². The molecule has 2 rings (SSSR count). The first-order valence-electron chi connectivity index (χ1n) is 10.2. The lowest BCUT2D eigenvalue weighted by Crippen LogP contribution is -2.01. The van der Waals surface area contributed by atoms with Gasteiger partial charge in [0.25, 0.3) is 0 Å². The average molecular weight is 377 g/mol. The number of alkyl halides is 1. The van der Waals surface area contributed by atoms with E-state index in [-0.39, 0.29) is 0 Å². The van der Waals surface area contributed by atoms with Crippen LogP contribution in [0.5, 0.6) is 11.5 Å². The Labute approximate surface area is 163 Å². The van der Waals surface area contributed by atoms with Crippen LogP contribution in [0.1, 0.15) is 64.4 Å². The van der Waals surface area contributed by atoms with E-state index in [1.165, 1.54) is 42.0 Å². The van der Waals surface area contributed by atoms with Crippen LogP contribution in [0.4, 0.5) is 0 Å². The lowest BCUT2D eigenvalue weighted by atomic mass is 10.0. The van der Waals surface area contributed by atoms with E-state index in [0.29, 0.717) is 5.88 Å². The zero-order chi connectivity index (χ0) is 18.6. The Hall–Kier alpha value is -1.41. The molecule has 26 heavy (non-hydrogen) atoms. The maximum absolute atomic E-state index is 5.99. The minimum absolute atomic E-state index is 0.698. The second kappa shape index (κ2) is 12.1. The maximum Gasteiger partial charge on any atom is 0.123 e. The highest BCUT2D eigenvalue weighted by Gasteiger charge is 2.08. The lowest BCUT2D eigenvalue weighted by molar-refractivity contribution is 0.304. The van der Waals surface area contributed by atoms with Crippen molar-refractivity contribution >= 4 is 22.4 Å². The molecule has 0 unspecified atom stereocenters. The SMILES string of the molecule is CCCCCCCOc1ccc2c(CC)c(OCCCCCl)ccc2c1. The molecule has 2 aromatic carbocycles. The molecule has 2 nitrogen and oxygen atoms in total. The summed E-state index contributed by atoms with van der Waals surface area (Å²) in [4.78, 5) is 0. The number of fused-ring (bicyclic) bond motifs is 1. The minimum Gasteiger partial charge on any atom is -0.494 e. The van der Waals surface area contributed by atoms with Gasteiger partial charge in [0.2, 0.25) is 0 Å². The number of rotatable bonds is 13. The summed E-state index contributed by atoms with van der Waals surface area (Å²) in [7, 11) is 0. The van der Waals surface area contributed by atoms with E-state index in [1.807, 2.05) is 0 Å². The molecule has 0 aliphatic rings. The summed E-state index contributed by atoms with van der Waals surface area (Å²) in [6.45, 7) is 5.95. The van der Waals surface area contributed by atoms with Crippen molar-refractivity contribution in [1.82, 2.24) is 0 Å². The fraction of sp³-hybridized carbons (Fsp3) is 0.565. The van der Waals surface area contributed by atoms with Crippen molar-refractivity contribution in [3.63, 3.8) is 0 Å². The molecule has 0 aliphatic carbocycles. The van der Waals surface area contributed by atoms with Gasteiger partial charge in [0.05, 0.1) is 13.2 Å². The molecular formula is C23H33ClO2. The first kappa shape index (κ1) is 20.9. The van der Waals surface area contributed by atoms with E-state index in [9.17, 15) is 0 Å². The van der Waals surface area contributed by atoms with Gasteiger partial charge in [-0.1, -0.05) is 51.7 Å². The molecule has 0 N–H and O–H groups in total. The van der Waals surface area contributed by atoms with Crippen molar-refractivity contribution in [3.8, 4) is 11.5 Å². The number of hydrogen-bond acceptors (Lipinski definition) is 2. The molecule has 0 atom stereocenters. The minimum atomic E-state index is 0.698. The molecule has 144 valence electrons. The third-order valence-corrected chi connectivity index (χ3v) is 4.98. The van der Waals surface area contributed by atoms with Gasteiger partial charge in [-0.2, -0.15) is 0 Å². The van der Waals surface area contributed by atoms with Gasteiger partial charge in [-0.15, -0.1) is 11.6 Å². The van der Waals surface area contributed by atoms with Gasteiger partial charge in [0, 0.05) is 11.4 Å². The second-order valence-electron chi connectivity index (χ2n) is 6.79. The van der Waals surface area contributed by atoms with Crippen LogP contribution in [0.15, 0.2) is 30.3 Å². The van der Waals surface area contributed by atoms with Crippen LogP contribution in [-0.2, 0) is 6.42 Å². The van der Waals surface area contributed by atoms with Gasteiger partial charge in [-0.3, -0.25) is 0 Å². The normalized spacial score (nSPS) is 11.0. The summed E-state index contributed by atoms with van der Waals surface area (Å²) in [6.07, 6.45) is 9.26. The van der Waals surface area contributed by atoms with Crippen molar-refractivity contribution in [2.24, 2.45) is 0 Å². The van der Waals surface area contributed by atoms with Crippen LogP contribution in [-0.4, -0.2) is 19.1 Å². The molecule has 0 heterocycles. The second-order valence-corrected chi connectivity index (χ2v) is 7.16. The molecule has 0 saturated heterocycles. The zero-order valence-electron chi connectivity index (χ0n) is 16.4. The molecule has 2 aromatic rings. The Morgan fingerprint density at radius 3 is 2.35 bits per heavy atom. The molecule has 0 saturated carbocycles. The summed E-state index contributed by atoms with van der Waals surface area (Å²) < 4.78 is 11.9. The Bertz CT molecular complexity index is 654. The molecular weight excluding hydrogens is 344 g/mol. The smallest absolute Gasteiger partial charge is 0.123 e. The third kappa shape index (κ3) is 6.39. The van der Waals surface area contributed by atoms with E-state index in [4.69, 9.17) is 21.1 Å². The number of halogens is 1. The van der Waals surface area contributed by atoms with E-state index in [2.05, 4.69) is 44.2 Å². The van der Waals surface area contributed by atoms with Gasteiger partial charge in [0.15, 0.2) is 0 Å². The van der Waals surface area contributed by atoms with E-state index in [1.54, 1.807) is 0 Å². The Morgan fingerprint density at radius 2 is 1.58 bits per heavy atom. The predicted molar refractivity (Wildman–Crippen MR) is 113 cm³/mol. The summed E-state index contributed by atoms with van der Waals surface area (Å²) in [6, 6.07) is 10.6. The topological polar surface area (TPSA) is 18.5 Å². The first-order chi connectivity index (χ1) is 12.8. The zero-order valence-corrected chi connectivity index (χ0v) is 17.1. The largest absolute Gasteiger partial charge is 0.494 e. The molecule has 0 aliphatic heterocycles.